The molecule has 0 bridgehead atoms. The van der Waals surface area contributed by atoms with Gasteiger partial charge in [-0.1, -0.05) is 6.08 Å². The molecule has 3 nitrogen and oxygen atoms in total. The van der Waals surface area contributed by atoms with E-state index < -0.39 is 0 Å². The van der Waals surface area contributed by atoms with Gasteiger partial charge < -0.3 is 10.1 Å². The van der Waals surface area contributed by atoms with Gasteiger partial charge in [0, 0.05) is 12.1 Å². The molecule has 0 aromatic carbocycles. The maximum Gasteiger partial charge on any atom is 0.330 e. The van der Waals surface area contributed by atoms with E-state index in [0.717, 1.165) is 0 Å². The number of carbonyl (C=O) groups is 1. The molecule has 0 amide bonds. The molecule has 0 aromatic heterocycles. The molecule has 0 rings (SSSR count). The Hall–Kier alpha value is -0.830. The summed E-state index contributed by atoms with van der Waals surface area (Å²) in [6, 6.07) is 0.208. The third kappa shape index (κ3) is 5.61. The van der Waals surface area contributed by atoms with Gasteiger partial charge >= 0.3 is 5.97 Å². The zero-order valence-electron chi connectivity index (χ0n) is 7.26. The summed E-state index contributed by atoms with van der Waals surface area (Å²) in [4.78, 5) is 10.7. The molecule has 0 saturated heterocycles. The second-order valence-electron chi connectivity index (χ2n) is 2.19. The first-order valence-corrected chi connectivity index (χ1v) is 3.73. The van der Waals surface area contributed by atoms with Crippen LogP contribution in [-0.4, -0.2) is 25.7 Å². The highest BCUT2D eigenvalue weighted by Crippen LogP contribution is 1.85. The van der Waals surface area contributed by atoms with Gasteiger partial charge in [0.15, 0.2) is 0 Å². The SMILES string of the molecule is CCOC(=O)/C=C/C(C)NC. The number of nitrogens with one attached hydrogen (secondary N) is 1. The van der Waals surface area contributed by atoms with Crippen LogP contribution in [0.4, 0.5) is 0 Å². The highest BCUT2D eigenvalue weighted by atomic mass is 16.5. The standard InChI is InChI=1S/C8H15NO2/c1-4-11-8(10)6-5-7(2)9-3/h5-7,9H,4H2,1-3H3/b6-5+. The molecule has 1 N–H and O–H groups in total. The molecule has 11 heavy (non-hydrogen) atoms. The van der Waals surface area contributed by atoms with Gasteiger partial charge in [0.2, 0.25) is 0 Å². The van der Waals surface area contributed by atoms with Crippen molar-refractivity contribution in [3.05, 3.63) is 12.2 Å². The minimum Gasteiger partial charge on any atom is -0.463 e. The first kappa shape index (κ1) is 10.2. The quantitative estimate of drug-likeness (QED) is 0.482. The van der Waals surface area contributed by atoms with Crippen molar-refractivity contribution in [2.24, 2.45) is 0 Å². The Labute approximate surface area is 67.4 Å². The van der Waals surface area contributed by atoms with E-state index in [4.69, 9.17) is 0 Å². The van der Waals surface area contributed by atoms with Crippen molar-refractivity contribution in [1.29, 1.82) is 0 Å². The van der Waals surface area contributed by atoms with E-state index in [1.807, 2.05) is 14.0 Å². The summed E-state index contributed by atoms with van der Waals surface area (Å²) in [5, 5.41) is 2.97. The number of ether oxygens (including phenoxy) is 1. The predicted molar refractivity (Wildman–Crippen MR) is 44.3 cm³/mol. The Balaban J connectivity index is 3.63. The van der Waals surface area contributed by atoms with Crippen LogP contribution in [0.3, 0.4) is 0 Å². The normalized spacial score (nSPS) is 13.4. The van der Waals surface area contributed by atoms with Crippen molar-refractivity contribution in [3.63, 3.8) is 0 Å². The summed E-state index contributed by atoms with van der Waals surface area (Å²) < 4.78 is 4.68. The maximum absolute atomic E-state index is 10.7. The number of hydrogen-bond donors (Lipinski definition) is 1. The van der Waals surface area contributed by atoms with Crippen LogP contribution in [0.1, 0.15) is 13.8 Å². The van der Waals surface area contributed by atoms with Crippen molar-refractivity contribution in [3.8, 4) is 0 Å². The molecule has 0 aliphatic rings. The van der Waals surface area contributed by atoms with Gasteiger partial charge in [-0.3, -0.25) is 0 Å². The molecule has 3 heteroatoms. The second kappa shape index (κ2) is 5.92. The van der Waals surface area contributed by atoms with Crippen LogP contribution in [0.5, 0.6) is 0 Å². The topological polar surface area (TPSA) is 38.3 Å². The molecule has 0 spiro atoms. The molecular weight excluding hydrogens is 142 g/mol. The molecule has 0 saturated carbocycles. The highest BCUT2D eigenvalue weighted by Gasteiger charge is 1.94. The summed E-state index contributed by atoms with van der Waals surface area (Å²) >= 11 is 0. The fraction of sp³-hybridized carbons (Fsp3) is 0.625. The van der Waals surface area contributed by atoms with Gasteiger partial charge in [0.05, 0.1) is 6.61 Å². The smallest absolute Gasteiger partial charge is 0.330 e. The molecule has 1 unspecified atom stereocenters. The van der Waals surface area contributed by atoms with Crippen LogP contribution >= 0.6 is 0 Å². The lowest BCUT2D eigenvalue weighted by atomic mass is 10.3. The van der Waals surface area contributed by atoms with Crippen molar-refractivity contribution < 1.29 is 9.53 Å². The van der Waals surface area contributed by atoms with Crippen LogP contribution in [0.2, 0.25) is 0 Å². The van der Waals surface area contributed by atoms with Crippen LogP contribution in [0, 0.1) is 0 Å². The molecule has 0 radical (unpaired) electrons. The molecule has 0 aliphatic heterocycles. The predicted octanol–water partition coefficient (Wildman–Crippen LogP) is 0.714. The van der Waals surface area contributed by atoms with Gasteiger partial charge in [0.25, 0.3) is 0 Å². The van der Waals surface area contributed by atoms with E-state index in [9.17, 15) is 4.79 Å². The van der Waals surface area contributed by atoms with Gasteiger partial charge in [-0.25, -0.2) is 4.79 Å². The van der Waals surface area contributed by atoms with Crippen LogP contribution < -0.4 is 5.32 Å². The van der Waals surface area contributed by atoms with Crippen LogP contribution in [-0.2, 0) is 9.53 Å². The molecule has 0 fully saturated rings. The summed E-state index contributed by atoms with van der Waals surface area (Å²) in [7, 11) is 1.83. The first-order chi connectivity index (χ1) is 5.20. The van der Waals surface area contributed by atoms with Crippen molar-refractivity contribution in [2.75, 3.05) is 13.7 Å². The number of esters is 1. The van der Waals surface area contributed by atoms with E-state index in [-0.39, 0.29) is 12.0 Å². The third-order valence-corrected chi connectivity index (χ3v) is 1.26. The zero-order chi connectivity index (χ0) is 8.69. The molecule has 0 heterocycles. The Bertz CT molecular complexity index is 143. The summed E-state index contributed by atoms with van der Waals surface area (Å²) in [5.74, 6) is -0.283. The lowest BCUT2D eigenvalue weighted by Crippen LogP contribution is -2.18. The lowest BCUT2D eigenvalue weighted by Gasteiger charge is -2.01. The van der Waals surface area contributed by atoms with Crippen molar-refractivity contribution >= 4 is 5.97 Å². The molecule has 0 aliphatic carbocycles. The number of carbonyl (C=O) groups excluding carboxylic acids is 1. The highest BCUT2D eigenvalue weighted by molar-refractivity contribution is 5.81. The Kier molecular flexibility index (Phi) is 5.47. The Morgan fingerprint density at radius 2 is 2.36 bits per heavy atom. The lowest BCUT2D eigenvalue weighted by molar-refractivity contribution is -0.137. The summed E-state index contributed by atoms with van der Waals surface area (Å²) in [6.07, 6.45) is 3.20. The zero-order valence-corrected chi connectivity index (χ0v) is 7.26. The maximum atomic E-state index is 10.7. The number of hydrogen-bond acceptors (Lipinski definition) is 3. The molecule has 1 atom stereocenters. The monoisotopic (exact) mass is 157 g/mol. The minimum absolute atomic E-state index is 0.208. The van der Waals surface area contributed by atoms with E-state index >= 15 is 0 Å². The minimum atomic E-state index is -0.283. The number of rotatable bonds is 4. The van der Waals surface area contributed by atoms with Gasteiger partial charge in [-0.2, -0.15) is 0 Å². The Morgan fingerprint density at radius 3 is 2.82 bits per heavy atom. The molecule has 0 aromatic rings. The van der Waals surface area contributed by atoms with E-state index in [1.165, 1.54) is 6.08 Å². The van der Waals surface area contributed by atoms with Crippen LogP contribution in [0.25, 0.3) is 0 Å². The van der Waals surface area contributed by atoms with Crippen molar-refractivity contribution in [1.82, 2.24) is 5.32 Å². The van der Waals surface area contributed by atoms with Gasteiger partial charge in [0.1, 0.15) is 0 Å². The van der Waals surface area contributed by atoms with Gasteiger partial charge in [-0.15, -0.1) is 0 Å². The van der Waals surface area contributed by atoms with E-state index in [1.54, 1.807) is 13.0 Å². The fourth-order valence-corrected chi connectivity index (χ4v) is 0.510. The van der Waals surface area contributed by atoms with E-state index in [2.05, 4.69) is 10.1 Å². The van der Waals surface area contributed by atoms with Gasteiger partial charge in [-0.05, 0) is 20.9 Å². The first-order valence-electron chi connectivity index (χ1n) is 3.73. The third-order valence-electron chi connectivity index (χ3n) is 1.26. The average Bonchev–Trinajstić information content (AvgIpc) is 2.01. The van der Waals surface area contributed by atoms with Crippen molar-refractivity contribution in [2.45, 2.75) is 19.9 Å². The average molecular weight is 157 g/mol. The number of likely N-dealkylation sites (N-methyl/N-ethyl adjacent to an activating group) is 1. The summed E-state index contributed by atoms with van der Waals surface area (Å²) in [5.41, 5.74) is 0. The largest absolute Gasteiger partial charge is 0.463 e. The van der Waals surface area contributed by atoms with Crippen LogP contribution in [0.15, 0.2) is 12.2 Å². The summed E-state index contributed by atoms with van der Waals surface area (Å²) in [6.45, 7) is 4.17. The Morgan fingerprint density at radius 1 is 1.73 bits per heavy atom. The molecule has 64 valence electrons. The fourth-order valence-electron chi connectivity index (χ4n) is 0.510. The van der Waals surface area contributed by atoms with E-state index in [0.29, 0.717) is 6.61 Å². The second-order valence-corrected chi connectivity index (χ2v) is 2.19. The molecular formula is C8H15NO2.